The van der Waals surface area contributed by atoms with E-state index in [1.165, 1.54) is 62.7 Å². The number of thiophene rings is 1. The molecule has 1 atom stereocenters. The Morgan fingerprint density at radius 3 is 1.69 bits per heavy atom. The molecule has 52 heavy (non-hydrogen) atoms. The van der Waals surface area contributed by atoms with Crippen LogP contribution in [0, 0.1) is 0 Å². The van der Waals surface area contributed by atoms with Gasteiger partial charge in [-0.25, -0.2) is 0 Å². The number of hydrogen-bond acceptors (Lipinski definition) is 3. The molecule has 0 radical (unpaired) electrons. The zero-order chi connectivity index (χ0) is 34.6. The Labute approximate surface area is 308 Å². The maximum absolute atomic E-state index is 6.10. The molecule has 10 rings (SSSR count). The van der Waals surface area contributed by atoms with Crippen molar-refractivity contribution in [1.29, 1.82) is 0 Å². The molecular weight excluding hydrogens is 651 g/mol. The average Bonchev–Trinajstić information content (AvgIpc) is 3.78. The van der Waals surface area contributed by atoms with Crippen LogP contribution in [-0.4, -0.2) is 0 Å². The molecule has 2 aromatic heterocycles. The van der Waals surface area contributed by atoms with Crippen LogP contribution >= 0.6 is 11.3 Å². The molecule has 0 saturated heterocycles. The smallest absolute Gasteiger partial charge is 0.135 e. The quantitative estimate of drug-likeness (QED) is 0.173. The first-order chi connectivity index (χ1) is 25.7. The number of hydrogen-bond donors (Lipinski definition) is 0. The van der Waals surface area contributed by atoms with Crippen molar-refractivity contribution in [3.05, 3.63) is 174 Å². The molecule has 2 heterocycles. The van der Waals surface area contributed by atoms with Crippen LogP contribution < -0.4 is 4.90 Å². The topological polar surface area (TPSA) is 16.4 Å². The molecule has 0 spiro atoms. The summed E-state index contributed by atoms with van der Waals surface area (Å²) in [5, 5.41) is 3.74. The van der Waals surface area contributed by atoms with Gasteiger partial charge in [-0.3, -0.25) is 0 Å². The summed E-state index contributed by atoms with van der Waals surface area (Å²) in [5.74, 6) is 0.672. The van der Waals surface area contributed by atoms with Gasteiger partial charge in [-0.05, 0) is 136 Å². The van der Waals surface area contributed by atoms with Gasteiger partial charge in [0.15, 0.2) is 0 Å². The number of para-hydroxylation sites is 1. The van der Waals surface area contributed by atoms with Gasteiger partial charge < -0.3 is 9.32 Å². The van der Waals surface area contributed by atoms with Crippen LogP contribution in [0.1, 0.15) is 36.1 Å². The molecule has 3 heteroatoms. The van der Waals surface area contributed by atoms with E-state index in [1.54, 1.807) is 10.4 Å². The molecule has 0 saturated carbocycles. The molecule has 0 fully saturated rings. The van der Waals surface area contributed by atoms with E-state index in [4.69, 9.17) is 4.42 Å². The number of aryl methyl sites for hydroxylation is 1. The number of fused-ring (bicyclic) bond motifs is 6. The van der Waals surface area contributed by atoms with Crippen molar-refractivity contribution in [2.24, 2.45) is 0 Å². The summed E-state index contributed by atoms with van der Waals surface area (Å²) in [6, 6.07) is 59.3. The van der Waals surface area contributed by atoms with Crippen molar-refractivity contribution >= 4 is 60.4 Å². The Morgan fingerprint density at radius 2 is 1.02 bits per heavy atom. The second kappa shape index (κ2) is 12.7. The number of rotatable bonds is 6. The first kappa shape index (κ1) is 30.9. The standard InChI is InChI=1S/C49H37NOS/c1-32-8-7-12-43-45-31-38(21-29-48(45)52-49(32)43)36-18-26-41(27-19-36)50(39-22-14-34(15-23-39)33-9-3-2-4-10-33)40-24-16-35(17-25-40)37-20-28-47-44(30-37)42-11-5-6-13-46(42)51-47/h2-6,9-11,13-32H,7-8,12H2,1H3. The lowest BCUT2D eigenvalue weighted by molar-refractivity contribution is 0.604. The molecule has 1 aliphatic carbocycles. The van der Waals surface area contributed by atoms with E-state index in [2.05, 4.69) is 163 Å². The third-order valence-corrected chi connectivity index (χ3v) is 12.3. The van der Waals surface area contributed by atoms with Crippen molar-refractivity contribution < 1.29 is 4.42 Å². The molecule has 0 amide bonds. The summed E-state index contributed by atoms with van der Waals surface area (Å²) in [5.41, 5.74) is 14.1. The van der Waals surface area contributed by atoms with Gasteiger partial charge >= 0.3 is 0 Å². The third-order valence-electron chi connectivity index (χ3n) is 10.9. The zero-order valence-electron chi connectivity index (χ0n) is 29.1. The SMILES string of the molecule is CC1CCCc2c1sc1ccc(-c3ccc(N(c4ccc(-c5ccccc5)cc4)c4ccc(-c5ccc6oc7ccccc7c6c5)cc4)cc3)cc21. The predicted molar refractivity (Wildman–Crippen MR) is 221 cm³/mol. The molecule has 0 bridgehead atoms. The molecule has 1 aliphatic rings. The first-order valence-electron chi connectivity index (χ1n) is 18.3. The van der Waals surface area contributed by atoms with Crippen LogP contribution in [0.5, 0.6) is 0 Å². The molecule has 250 valence electrons. The lowest BCUT2D eigenvalue weighted by Crippen LogP contribution is -2.09. The van der Waals surface area contributed by atoms with Crippen molar-refractivity contribution in [2.75, 3.05) is 4.90 Å². The maximum atomic E-state index is 6.10. The highest BCUT2D eigenvalue weighted by molar-refractivity contribution is 7.19. The minimum Gasteiger partial charge on any atom is -0.456 e. The summed E-state index contributed by atoms with van der Waals surface area (Å²) >= 11 is 2.00. The fraction of sp³-hybridized carbons (Fsp3) is 0.102. The lowest BCUT2D eigenvalue weighted by Gasteiger charge is -2.26. The van der Waals surface area contributed by atoms with Gasteiger partial charge in [0.1, 0.15) is 11.2 Å². The van der Waals surface area contributed by atoms with Crippen molar-refractivity contribution in [1.82, 2.24) is 0 Å². The van der Waals surface area contributed by atoms with Crippen LogP contribution in [0.15, 0.2) is 168 Å². The van der Waals surface area contributed by atoms with Gasteiger partial charge in [0.05, 0.1) is 0 Å². The second-order valence-corrected chi connectivity index (χ2v) is 15.2. The monoisotopic (exact) mass is 687 g/mol. The van der Waals surface area contributed by atoms with E-state index in [0.717, 1.165) is 39.0 Å². The molecular formula is C49H37NOS. The zero-order valence-corrected chi connectivity index (χ0v) is 29.9. The number of anilines is 3. The van der Waals surface area contributed by atoms with Gasteiger partial charge in [-0.1, -0.05) is 104 Å². The van der Waals surface area contributed by atoms with E-state index in [1.807, 2.05) is 23.5 Å². The Morgan fingerprint density at radius 1 is 0.500 bits per heavy atom. The highest BCUT2D eigenvalue weighted by Crippen LogP contribution is 2.44. The van der Waals surface area contributed by atoms with E-state index in [-0.39, 0.29) is 0 Å². The highest BCUT2D eigenvalue weighted by atomic mass is 32.1. The van der Waals surface area contributed by atoms with Gasteiger partial charge in [0.2, 0.25) is 0 Å². The van der Waals surface area contributed by atoms with E-state index >= 15 is 0 Å². The van der Waals surface area contributed by atoms with Crippen LogP contribution in [-0.2, 0) is 6.42 Å². The van der Waals surface area contributed by atoms with Crippen molar-refractivity contribution in [2.45, 2.75) is 32.1 Å². The van der Waals surface area contributed by atoms with E-state index in [0.29, 0.717) is 5.92 Å². The minimum atomic E-state index is 0.672. The average molecular weight is 688 g/mol. The minimum absolute atomic E-state index is 0.672. The summed E-state index contributed by atoms with van der Waals surface area (Å²) in [7, 11) is 0. The Bertz CT molecular complexity index is 2700. The highest BCUT2D eigenvalue weighted by Gasteiger charge is 2.22. The van der Waals surface area contributed by atoms with E-state index in [9.17, 15) is 0 Å². The lowest BCUT2D eigenvalue weighted by atomic mass is 9.88. The summed E-state index contributed by atoms with van der Waals surface area (Å²) in [6.07, 6.45) is 3.80. The van der Waals surface area contributed by atoms with Crippen LogP contribution in [0.4, 0.5) is 17.1 Å². The molecule has 1 unspecified atom stereocenters. The van der Waals surface area contributed by atoms with Gasteiger partial charge in [0.25, 0.3) is 0 Å². The summed E-state index contributed by atoms with van der Waals surface area (Å²) in [4.78, 5) is 3.96. The normalized spacial score (nSPS) is 14.2. The number of furan rings is 1. The molecule has 7 aromatic carbocycles. The Hall–Kier alpha value is -5.90. The predicted octanol–water partition coefficient (Wildman–Crippen LogP) is 14.7. The summed E-state index contributed by atoms with van der Waals surface area (Å²) < 4.78 is 7.52. The van der Waals surface area contributed by atoms with E-state index < -0.39 is 0 Å². The fourth-order valence-corrected chi connectivity index (χ4v) is 9.43. The molecule has 0 N–H and O–H groups in total. The third kappa shape index (κ3) is 5.41. The fourth-order valence-electron chi connectivity index (χ4n) is 8.11. The number of benzene rings is 7. The van der Waals surface area contributed by atoms with Crippen molar-refractivity contribution in [3.8, 4) is 33.4 Å². The van der Waals surface area contributed by atoms with Gasteiger partial charge in [0, 0.05) is 37.4 Å². The van der Waals surface area contributed by atoms with Crippen LogP contribution in [0.25, 0.3) is 65.4 Å². The maximum Gasteiger partial charge on any atom is 0.135 e. The molecule has 9 aromatic rings. The summed E-state index contributed by atoms with van der Waals surface area (Å²) in [6.45, 7) is 2.39. The second-order valence-electron chi connectivity index (χ2n) is 14.1. The van der Waals surface area contributed by atoms with Crippen LogP contribution in [0.2, 0.25) is 0 Å². The largest absolute Gasteiger partial charge is 0.456 e. The number of nitrogens with zero attached hydrogens (tertiary/aromatic N) is 1. The Balaban J connectivity index is 1.01. The van der Waals surface area contributed by atoms with Crippen molar-refractivity contribution in [3.63, 3.8) is 0 Å². The van der Waals surface area contributed by atoms with Gasteiger partial charge in [-0.2, -0.15) is 0 Å². The molecule has 2 nitrogen and oxygen atoms in total. The van der Waals surface area contributed by atoms with Gasteiger partial charge in [-0.15, -0.1) is 11.3 Å². The first-order valence-corrected chi connectivity index (χ1v) is 19.1. The van der Waals surface area contributed by atoms with Crippen LogP contribution in [0.3, 0.4) is 0 Å². The molecule has 0 aliphatic heterocycles. The Kier molecular flexibility index (Phi) is 7.54.